The molecule has 0 radical (unpaired) electrons. The summed E-state index contributed by atoms with van der Waals surface area (Å²) < 4.78 is 17.7. The van der Waals surface area contributed by atoms with Gasteiger partial charge in [0.2, 0.25) is 5.90 Å². The van der Waals surface area contributed by atoms with Gasteiger partial charge in [-0.15, -0.1) is 0 Å². The minimum absolute atomic E-state index is 0.203. The number of nitrogens with zero attached hydrogens (tertiary/aromatic N) is 1. The molecule has 0 aromatic heterocycles. The topological polar surface area (TPSA) is 57.1 Å². The molecule has 7 heteroatoms. The highest BCUT2D eigenvalue weighted by Crippen LogP contribution is 2.37. The van der Waals surface area contributed by atoms with Crippen LogP contribution in [0.5, 0.6) is 11.5 Å². The van der Waals surface area contributed by atoms with Crippen LogP contribution < -0.4 is 9.47 Å². The molecule has 0 saturated carbocycles. The molecule has 0 spiro atoms. The van der Waals surface area contributed by atoms with Gasteiger partial charge in [0.1, 0.15) is 0 Å². The largest absolute Gasteiger partial charge is 0.490 e. The van der Waals surface area contributed by atoms with E-state index in [4.69, 9.17) is 25.8 Å². The Kier molecular flexibility index (Phi) is 6.61. The predicted octanol–water partition coefficient (Wildman–Crippen LogP) is 5.39. The lowest BCUT2D eigenvalue weighted by Crippen LogP contribution is -2.05. The normalized spacial score (nSPS) is 14.8. The van der Waals surface area contributed by atoms with Gasteiger partial charge >= 0.3 is 5.97 Å². The molecule has 2 aromatic carbocycles. The summed E-state index contributed by atoms with van der Waals surface area (Å²) in [5, 5.41) is 0.406. The monoisotopic (exact) mass is 511 g/mol. The molecular formula is C21H19ClINO4. The Hall–Kier alpha value is -2.06. The highest BCUT2D eigenvalue weighted by atomic mass is 127. The standard InChI is InChI=1S/C21H19ClINO4/c1-4-26-18-11-13(9-15(22)19(18)27-5-2)10-17-21(25)28-20(24-17)14-6-7-16(23)12(3)8-14/h6-11H,4-5H2,1-3H3/b17-10-. The van der Waals surface area contributed by atoms with Crippen molar-refractivity contribution < 1.29 is 19.0 Å². The summed E-state index contributed by atoms with van der Waals surface area (Å²) in [6.07, 6.45) is 1.62. The summed E-state index contributed by atoms with van der Waals surface area (Å²) in [4.78, 5) is 16.6. The van der Waals surface area contributed by atoms with Crippen LogP contribution in [-0.4, -0.2) is 25.1 Å². The Labute approximate surface area is 182 Å². The Morgan fingerprint density at radius 2 is 1.93 bits per heavy atom. The van der Waals surface area contributed by atoms with Crippen LogP contribution in [0.3, 0.4) is 0 Å². The number of cyclic esters (lactones) is 1. The van der Waals surface area contributed by atoms with E-state index in [1.165, 1.54) is 0 Å². The van der Waals surface area contributed by atoms with Gasteiger partial charge < -0.3 is 14.2 Å². The number of aryl methyl sites for hydroxylation is 1. The van der Waals surface area contributed by atoms with Crippen molar-refractivity contribution in [3.05, 3.63) is 61.3 Å². The Morgan fingerprint density at radius 3 is 2.61 bits per heavy atom. The third kappa shape index (κ3) is 4.50. The molecule has 0 saturated heterocycles. The zero-order chi connectivity index (χ0) is 20.3. The minimum Gasteiger partial charge on any atom is -0.490 e. The Morgan fingerprint density at radius 1 is 1.18 bits per heavy atom. The third-order valence-electron chi connectivity index (χ3n) is 3.95. The van der Waals surface area contributed by atoms with Gasteiger partial charge in [-0.2, -0.15) is 0 Å². The van der Waals surface area contributed by atoms with Crippen LogP contribution in [0.25, 0.3) is 6.08 Å². The number of rotatable bonds is 6. The lowest BCUT2D eigenvalue weighted by Gasteiger charge is -2.13. The fraction of sp³-hybridized carbons (Fsp3) is 0.238. The van der Waals surface area contributed by atoms with E-state index in [1.54, 1.807) is 18.2 Å². The van der Waals surface area contributed by atoms with Crippen LogP contribution >= 0.6 is 34.2 Å². The molecule has 2 aromatic rings. The molecule has 0 unspecified atom stereocenters. The molecule has 0 bridgehead atoms. The second-order valence-corrected chi connectivity index (χ2v) is 7.57. The molecule has 146 valence electrons. The molecule has 0 fully saturated rings. The van der Waals surface area contributed by atoms with Crippen LogP contribution in [0.4, 0.5) is 0 Å². The molecule has 1 aliphatic rings. The quantitative estimate of drug-likeness (QED) is 0.296. The van der Waals surface area contributed by atoms with E-state index in [9.17, 15) is 4.79 Å². The number of ether oxygens (including phenoxy) is 3. The van der Waals surface area contributed by atoms with E-state index >= 15 is 0 Å². The van der Waals surface area contributed by atoms with E-state index in [0.29, 0.717) is 35.3 Å². The van der Waals surface area contributed by atoms with Crippen molar-refractivity contribution in [3.8, 4) is 11.5 Å². The summed E-state index contributed by atoms with van der Waals surface area (Å²) in [5.41, 5.74) is 2.73. The second kappa shape index (κ2) is 8.96. The number of aliphatic imine (C=N–C) groups is 1. The van der Waals surface area contributed by atoms with Gasteiger partial charge in [0.15, 0.2) is 17.2 Å². The van der Waals surface area contributed by atoms with Gasteiger partial charge in [0.25, 0.3) is 0 Å². The van der Waals surface area contributed by atoms with Gasteiger partial charge in [0.05, 0.1) is 18.2 Å². The average Bonchev–Trinajstić information content (AvgIpc) is 3.01. The van der Waals surface area contributed by atoms with E-state index in [0.717, 1.165) is 14.7 Å². The van der Waals surface area contributed by atoms with Gasteiger partial charge in [-0.3, -0.25) is 0 Å². The molecular weight excluding hydrogens is 493 g/mol. The van der Waals surface area contributed by atoms with Gasteiger partial charge in [-0.25, -0.2) is 9.79 Å². The maximum atomic E-state index is 12.3. The van der Waals surface area contributed by atoms with Crippen LogP contribution in [-0.2, 0) is 9.53 Å². The average molecular weight is 512 g/mol. The fourth-order valence-electron chi connectivity index (χ4n) is 2.69. The van der Waals surface area contributed by atoms with Crippen molar-refractivity contribution in [2.24, 2.45) is 4.99 Å². The molecule has 5 nitrogen and oxygen atoms in total. The number of halogens is 2. The number of hydrogen-bond donors (Lipinski definition) is 0. The number of carbonyl (C=O) groups is 1. The summed E-state index contributed by atoms with van der Waals surface area (Å²) in [6, 6.07) is 9.26. The SMILES string of the molecule is CCOc1cc(/C=C2\N=C(c3ccc(I)c(C)c3)OC2=O)cc(Cl)c1OCC. The maximum Gasteiger partial charge on any atom is 0.363 e. The summed E-state index contributed by atoms with van der Waals surface area (Å²) in [5.74, 6) is 0.792. The summed E-state index contributed by atoms with van der Waals surface area (Å²) in [6.45, 7) is 6.68. The van der Waals surface area contributed by atoms with Crippen molar-refractivity contribution >= 4 is 52.1 Å². The highest BCUT2D eigenvalue weighted by molar-refractivity contribution is 14.1. The van der Waals surface area contributed by atoms with E-state index in [2.05, 4.69) is 27.6 Å². The van der Waals surface area contributed by atoms with Crippen molar-refractivity contribution in [3.63, 3.8) is 0 Å². The van der Waals surface area contributed by atoms with Crippen LogP contribution in [0, 0.1) is 10.5 Å². The third-order valence-corrected chi connectivity index (χ3v) is 5.44. The zero-order valence-corrected chi connectivity index (χ0v) is 18.6. The molecule has 0 aliphatic carbocycles. The smallest absolute Gasteiger partial charge is 0.363 e. The predicted molar refractivity (Wildman–Crippen MR) is 118 cm³/mol. The number of benzene rings is 2. The first-order valence-corrected chi connectivity index (χ1v) is 10.3. The molecule has 1 aliphatic heterocycles. The first-order valence-electron chi connectivity index (χ1n) is 8.81. The van der Waals surface area contributed by atoms with Crippen molar-refractivity contribution in [1.29, 1.82) is 0 Å². The van der Waals surface area contributed by atoms with Crippen LogP contribution in [0.2, 0.25) is 5.02 Å². The van der Waals surface area contributed by atoms with E-state index in [-0.39, 0.29) is 11.6 Å². The summed E-state index contributed by atoms with van der Waals surface area (Å²) >= 11 is 8.60. The molecule has 0 N–H and O–H groups in total. The second-order valence-electron chi connectivity index (χ2n) is 6.00. The van der Waals surface area contributed by atoms with Gasteiger partial charge in [0, 0.05) is 9.13 Å². The lowest BCUT2D eigenvalue weighted by atomic mass is 10.1. The Balaban J connectivity index is 1.97. The van der Waals surface area contributed by atoms with Gasteiger partial charge in [-0.1, -0.05) is 11.6 Å². The van der Waals surface area contributed by atoms with Gasteiger partial charge in [-0.05, 0) is 90.9 Å². The number of esters is 1. The molecule has 1 heterocycles. The molecule has 0 amide bonds. The molecule has 0 atom stereocenters. The lowest BCUT2D eigenvalue weighted by molar-refractivity contribution is -0.129. The summed E-state index contributed by atoms with van der Waals surface area (Å²) in [7, 11) is 0. The first-order chi connectivity index (χ1) is 13.4. The van der Waals surface area contributed by atoms with E-state index < -0.39 is 5.97 Å². The molecule has 28 heavy (non-hydrogen) atoms. The van der Waals surface area contributed by atoms with Crippen molar-refractivity contribution in [2.75, 3.05) is 13.2 Å². The highest BCUT2D eigenvalue weighted by Gasteiger charge is 2.25. The first kappa shape index (κ1) is 20.7. The maximum absolute atomic E-state index is 12.3. The molecule has 3 rings (SSSR count). The van der Waals surface area contributed by atoms with Crippen LogP contribution in [0.15, 0.2) is 41.0 Å². The number of carbonyl (C=O) groups excluding carboxylic acids is 1. The van der Waals surface area contributed by atoms with Crippen molar-refractivity contribution in [2.45, 2.75) is 20.8 Å². The Bertz CT molecular complexity index is 985. The fourth-order valence-corrected chi connectivity index (χ4v) is 3.30. The van der Waals surface area contributed by atoms with Crippen LogP contribution in [0.1, 0.15) is 30.5 Å². The number of hydrogen-bond acceptors (Lipinski definition) is 5. The zero-order valence-electron chi connectivity index (χ0n) is 15.7. The minimum atomic E-state index is -0.505. The van der Waals surface area contributed by atoms with E-state index in [1.807, 2.05) is 39.0 Å². The van der Waals surface area contributed by atoms with Crippen molar-refractivity contribution in [1.82, 2.24) is 0 Å².